The van der Waals surface area contributed by atoms with E-state index in [2.05, 4.69) is 24.9 Å². The Morgan fingerprint density at radius 1 is 1.25 bits per heavy atom. The minimum absolute atomic E-state index is 0.621. The third-order valence-electron chi connectivity index (χ3n) is 2.92. The topological polar surface area (TPSA) is 36.7 Å². The van der Waals surface area contributed by atoms with Crippen LogP contribution in [0.2, 0.25) is 0 Å². The molecule has 0 aliphatic heterocycles. The number of hydrogen-bond acceptors (Lipinski definition) is 2. The molecule has 1 aromatic rings. The summed E-state index contributed by atoms with van der Waals surface area (Å²) < 4.78 is 0. The Labute approximate surface area is 98.3 Å². The lowest BCUT2D eigenvalue weighted by atomic mass is 9.98. The molecular weight excluding hydrogens is 196 g/mol. The highest BCUT2D eigenvalue weighted by Gasteiger charge is 2.07. The first-order valence-electron chi connectivity index (χ1n) is 6.20. The van der Waals surface area contributed by atoms with Crippen LogP contribution in [-0.2, 0) is 12.8 Å². The fourth-order valence-electron chi connectivity index (χ4n) is 1.97. The first kappa shape index (κ1) is 12.7. The molecule has 86 valence electrons. The molecule has 0 aliphatic carbocycles. The van der Waals surface area contributed by atoms with Crippen molar-refractivity contribution in [2.75, 3.05) is 0 Å². The van der Waals surface area contributed by atoms with Crippen molar-refractivity contribution in [3.8, 4) is 6.07 Å². The van der Waals surface area contributed by atoms with E-state index in [1.807, 2.05) is 6.07 Å². The first-order valence-corrected chi connectivity index (χ1v) is 6.20. The van der Waals surface area contributed by atoms with E-state index in [1.165, 1.54) is 36.8 Å². The molecule has 0 unspecified atom stereocenters. The summed E-state index contributed by atoms with van der Waals surface area (Å²) in [6.45, 7) is 4.34. The van der Waals surface area contributed by atoms with Gasteiger partial charge in [-0.05, 0) is 36.5 Å². The van der Waals surface area contributed by atoms with Crippen LogP contribution < -0.4 is 0 Å². The molecule has 0 fully saturated rings. The largest absolute Gasteiger partial charge is 0.245 e. The minimum atomic E-state index is 0.621. The van der Waals surface area contributed by atoms with Gasteiger partial charge < -0.3 is 0 Å². The van der Waals surface area contributed by atoms with Gasteiger partial charge in [-0.3, -0.25) is 0 Å². The van der Waals surface area contributed by atoms with Gasteiger partial charge in [0.05, 0.1) is 0 Å². The fourth-order valence-corrected chi connectivity index (χ4v) is 1.97. The average molecular weight is 216 g/mol. The summed E-state index contributed by atoms with van der Waals surface area (Å²) in [4.78, 5) is 4.14. The monoisotopic (exact) mass is 216 g/mol. The molecule has 0 atom stereocenters. The summed E-state index contributed by atoms with van der Waals surface area (Å²) in [6.07, 6.45) is 8.68. The van der Waals surface area contributed by atoms with Crippen LogP contribution in [0.5, 0.6) is 0 Å². The summed E-state index contributed by atoms with van der Waals surface area (Å²) in [6, 6.07) is 4.24. The van der Waals surface area contributed by atoms with E-state index in [0.29, 0.717) is 5.69 Å². The summed E-state index contributed by atoms with van der Waals surface area (Å²) >= 11 is 0. The van der Waals surface area contributed by atoms with Crippen molar-refractivity contribution in [2.45, 2.75) is 52.4 Å². The molecular formula is C14H20N2. The van der Waals surface area contributed by atoms with Crippen LogP contribution >= 0.6 is 0 Å². The minimum Gasteiger partial charge on any atom is -0.245 e. The Bertz CT molecular complexity index is 363. The Balaban J connectivity index is 2.72. The maximum absolute atomic E-state index is 9.03. The van der Waals surface area contributed by atoms with Crippen LogP contribution in [0.15, 0.2) is 12.3 Å². The zero-order chi connectivity index (χ0) is 11.8. The van der Waals surface area contributed by atoms with E-state index < -0.39 is 0 Å². The second kappa shape index (κ2) is 7.00. The van der Waals surface area contributed by atoms with Crippen LogP contribution in [-0.4, -0.2) is 4.98 Å². The molecule has 1 heterocycles. The number of hydrogen-bond donors (Lipinski definition) is 0. The molecule has 0 bridgehead atoms. The van der Waals surface area contributed by atoms with E-state index in [0.717, 1.165) is 12.8 Å². The predicted octanol–water partition coefficient (Wildman–Crippen LogP) is 3.64. The van der Waals surface area contributed by atoms with E-state index in [4.69, 9.17) is 5.26 Å². The second-order valence-electron chi connectivity index (χ2n) is 4.07. The number of aryl methyl sites for hydroxylation is 1. The SMILES string of the molecule is CCCCCCc1c(CC)ccnc1C#N. The van der Waals surface area contributed by atoms with Gasteiger partial charge >= 0.3 is 0 Å². The van der Waals surface area contributed by atoms with E-state index in [-0.39, 0.29) is 0 Å². The highest BCUT2D eigenvalue weighted by Crippen LogP contribution is 2.16. The quantitative estimate of drug-likeness (QED) is 0.681. The van der Waals surface area contributed by atoms with Crippen LogP contribution in [0.3, 0.4) is 0 Å². The molecule has 0 spiro atoms. The second-order valence-corrected chi connectivity index (χ2v) is 4.07. The van der Waals surface area contributed by atoms with Crippen molar-refractivity contribution in [3.63, 3.8) is 0 Å². The number of rotatable bonds is 6. The number of nitriles is 1. The summed E-state index contributed by atoms with van der Waals surface area (Å²) in [5, 5.41) is 9.03. The Hall–Kier alpha value is -1.36. The van der Waals surface area contributed by atoms with Crippen LogP contribution in [0, 0.1) is 11.3 Å². The maximum atomic E-state index is 9.03. The molecule has 0 radical (unpaired) electrons. The molecule has 0 amide bonds. The summed E-state index contributed by atoms with van der Waals surface area (Å²) in [7, 11) is 0. The summed E-state index contributed by atoms with van der Waals surface area (Å²) in [5.74, 6) is 0. The van der Waals surface area contributed by atoms with Gasteiger partial charge in [-0.1, -0.05) is 33.1 Å². The lowest BCUT2D eigenvalue weighted by Crippen LogP contribution is -2.00. The van der Waals surface area contributed by atoms with Crippen molar-refractivity contribution in [3.05, 3.63) is 29.1 Å². The van der Waals surface area contributed by atoms with Gasteiger partial charge in [0.1, 0.15) is 11.8 Å². The zero-order valence-corrected chi connectivity index (χ0v) is 10.3. The molecule has 1 rings (SSSR count). The van der Waals surface area contributed by atoms with Crippen LogP contribution in [0.25, 0.3) is 0 Å². The number of nitrogens with zero attached hydrogens (tertiary/aromatic N) is 2. The summed E-state index contributed by atoms with van der Waals surface area (Å²) in [5.41, 5.74) is 3.07. The lowest BCUT2D eigenvalue weighted by Gasteiger charge is -2.08. The van der Waals surface area contributed by atoms with Gasteiger partial charge in [0, 0.05) is 6.20 Å². The first-order chi connectivity index (χ1) is 7.83. The van der Waals surface area contributed by atoms with Gasteiger partial charge in [-0.25, -0.2) is 4.98 Å². The predicted molar refractivity (Wildman–Crippen MR) is 66.2 cm³/mol. The Morgan fingerprint density at radius 3 is 2.69 bits per heavy atom. The molecule has 2 nitrogen and oxygen atoms in total. The van der Waals surface area contributed by atoms with Gasteiger partial charge in [0.15, 0.2) is 0 Å². The van der Waals surface area contributed by atoms with Gasteiger partial charge in [-0.2, -0.15) is 5.26 Å². The van der Waals surface area contributed by atoms with Crippen LogP contribution in [0.1, 0.15) is 56.4 Å². The van der Waals surface area contributed by atoms with Crippen LogP contribution in [0.4, 0.5) is 0 Å². The molecule has 1 aromatic heterocycles. The third-order valence-corrected chi connectivity index (χ3v) is 2.92. The average Bonchev–Trinajstić information content (AvgIpc) is 2.34. The van der Waals surface area contributed by atoms with Crippen molar-refractivity contribution >= 4 is 0 Å². The molecule has 0 saturated heterocycles. The van der Waals surface area contributed by atoms with Gasteiger partial charge in [0.2, 0.25) is 0 Å². The molecule has 0 aliphatic rings. The lowest BCUT2D eigenvalue weighted by molar-refractivity contribution is 0.663. The molecule has 0 N–H and O–H groups in total. The third kappa shape index (κ3) is 3.34. The smallest absolute Gasteiger partial charge is 0.143 e. The number of pyridine rings is 1. The molecule has 0 aromatic carbocycles. The Kier molecular flexibility index (Phi) is 5.56. The maximum Gasteiger partial charge on any atom is 0.143 e. The molecule has 0 saturated carbocycles. The van der Waals surface area contributed by atoms with Crippen molar-refractivity contribution < 1.29 is 0 Å². The van der Waals surface area contributed by atoms with Gasteiger partial charge in [0.25, 0.3) is 0 Å². The van der Waals surface area contributed by atoms with Gasteiger partial charge in [-0.15, -0.1) is 0 Å². The van der Waals surface area contributed by atoms with Crippen molar-refractivity contribution in [1.29, 1.82) is 5.26 Å². The number of unbranched alkanes of at least 4 members (excludes halogenated alkanes) is 3. The zero-order valence-electron chi connectivity index (χ0n) is 10.3. The Morgan fingerprint density at radius 2 is 2.06 bits per heavy atom. The van der Waals surface area contributed by atoms with Crippen molar-refractivity contribution in [2.24, 2.45) is 0 Å². The molecule has 2 heteroatoms. The number of aromatic nitrogens is 1. The highest BCUT2D eigenvalue weighted by atomic mass is 14.7. The highest BCUT2D eigenvalue weighted by molar-refractivity contribution is 5.37. The van der Waals surface area contributed by atoms with E-state index in [9.17, 15) is 0 Å². The van der Waals surface area contributed by atoms with E-state index >= 15 is 0 Å². The molecule has 16 heavy (non-hydrogen) atoms. The van der Waals surface area contributed by atoms with E-state index in [1.54, 1.807) is 6.20 Å². The fraction of sp³-hybridized carbons (Fsp3) is 0.571. The standard InChI is InChI=1S/C14H20N2/c1-3-5-6-7-8-13-12(4-2)9-10-16-14(13)11-15/h9-10H,3-8H2,1-2H3. The normalized spacial score (nSPS) is 10.1. The van der Waals surface area contributed by atoms with Crippen molar-refractivity contribution in [1.82, 2.24) is 4.98 Å².